The SMILES string of the molecule is CCOc1cc(/C=C2\SC(=O)NC2=O)ccc1OCC(=O)OC. The van der Waals surface area contributed by atoms with Crippen LogP contribution in [0, 0.1) is 0 Å². The normalized spacial score (nSPS) is 15.5. The van der Waals surface area contributed by atoms with Crippen LogP contribution in [0.3, 0.4) is 0 Å². The van der Waals surface area contributed by atoms with Gasteiger partial charge in [0, 0.05) is 0 Å². The van der Waals surface area contributed by atoms with E-state index in [1.54, 1.807) is 24.3 Å². The molecule has 0 spiro atoms. The standard InChI is InChI=1S/C15H15NO6S/c1-3-21-11-6-9(7-12-14(18)16-15(19)23-12)4-5-10(11)22-8-13(17)20-2/h4-7H,3,8H2,1-2H3,(H,16,18,19)/b12-7-. The molecule has 0 unspecified atom stereocenters. The monoisotopic (exact) mass is 337 g/mol. The van der Waals surface area contributed by atoms with Crippen LogP contribution in [0.4, 0.5) is 4.79 Å². The highest BCUT2D eigenvalue weighted by molar-refractivity contribution is 8.18. The molecule has 0 radical (unpaired) electrons. The first-order chi connectivity index (χ1) is 11.0. The lowest BCUT2D eigenvalue weighted by molar-refractivity contribution is -0.142. The van der Waals surface area contributed by atoms with Crippen LogP contribution in [-0.2, 0) is 14.3 Å². The molecule has 8 heteroatoms. The topological polar surface area (TPSA) is 90.9 Å². The first kappa shape index (κ1) is 16.9. The fraction of sp³-hybridized carbons (Fsp3) is 0.267. The lowest BCUT2D eigenvalue weighted by Crippen LogP contribution is -2.17. The van der Waals surface area contributed by atoms with Crippen LogP contribution in [0.15, 0.2) is 23.1 Å². The van der Waals surface area contributed by atoms with E-state index in [1.807, 2.05) is 6.92 Å². The Kier molecular flexibility index (Phi) is 5.64. The number of ether oxygens (including phenoxy) is 3. The first-order valence-electron chi connectivity index (χ1n) is 6.74. The third kappa shape index (κ3) is 4.49. The molecule has 2 rings (SSSR count). The van der Waals surface area contributed by atoms with Gasteiger partial charge in [-0.1, -0.05) is 6.07 Å². The van der Waals surface area contributed by atoms with Crippen molar-refractivity contribution in [2.45, 2.75) is 6.92 Å². The van der Waals surface area contributed by atoms with E-state index in [0.29, 0.717) is 28.6 Å². The number of methoxy groups -OCH3 is 1. The van der Waals surface area contributed by atoms with Crippen LogP contribution < -0.4 is 14.8 Å². The molecule has 1 aliphatic heterocycles. The predicted molar refractivity (Wildman–Crippen MR) is 84.2 cm³/mol. The molecule has 1 aromatic carbocycles. The summed E-state index contributed by atoms with van der Waals surface area (Å²) in [7, 11) is 1.27. The van der Waals surface area contributed by atoms with Crippen molar-refractivity contribution in [3.8, 4) is 11.5 Å². The zero-order chi connectivity index (χ0) is 16.8. The Morgan fingerprint density at radius 3 is 2.65 bits per heavy atom. The molecule has 1 aliphatic rings. The lowest BCUT2D eigenvalue weighted by atomic mass is 10.2. The molecule has 1 fully saturated rings. The quantitative estimate of drug-likeness (QED) is 0.627. The maximum absolute atomic E-state index is 11.5. The minimum absolute atomic E-state index is 0.232. The van der Waals surface area contributed by atoms with Gasteiger partial charge in [-0.05, 0) is 42.5 Å². The van der Waals surface area contributed by atoms with E-state index in [9.17, 15) is 14.4 Å². The van der Waals surface area contributed by atoms with Crippen molar-refractivity contribution in [2.24, 2.45) is 0 Å². The van der Waals surface area contributed by atoms with Gasteiger partial charge < -0.3 is 14.2 Å². The molecule has 0 aliphatic carbocycles. The van der Waals surface area contributed by atoms with Gasteiger partial charge >= 0.3 is 5.97 Å². The summed E-state index contributed by atoms with van der Waals surface area (Å²) in [5.41, 5.74) is 0.672. The molecule has 2 amide bonds. The number of carbonyl (C=O) groups excluding carboxylic acids is 3. The summed E-state index contributed by atoms with van der Waals surface area (Å²) in [5.74, 6) is -0.111. The first-order valence-corrected chi connectivity index (χ1v) is 7.56. The average molecular weight is 337 g/mol. The second kappa shape index (κ2) is 7.68. The summed E-state index contributed by atoms with van der Waals surface area (Å²) < 4.78 is 15.3. The number of carbonyl (C=O) groups is 3. The Morgan fingerprint density at radius 1 is 1.26 bits per heavy atom. The fourth-order valence-electron chi connectivity index (χ4n) is 1.77. The lowest BCUT2D eigenvalue weighted by Gasteiger charge is -2.12. The molecule has 0 saturated carbocycles. The fourth-order valence-corrected chi connectivity index (χ4v) is 2.45. The molecule has 7 nitrogen and oxygen atoms in total. The summed E-state index contributed by atoms with van der Waals surface area (Å²) in [6, 6.07) is 4.98. The Balaban J connectivity index is 2.21. The molecular weight excluding hydrogens is 322 g/mol. The molecule has 1 N–H and O–H groups in total. The van der Waals surface area contributed by atoms with Gasteiger partial charge in [0.1, 0.15) is 0 Å². The van der Waals surface area contributed by atoms with E-state index in [0.717, 1.165) is 11.8 Å². The average Bonchev–Trinajstić information content (AvgIpc) is 2.84. The van der Waals surface area contributed by atoms with Gasteiger partial charge in [0.25, 0.3) is 11.1 Å². The number of esters is 1. The number of benzene rings is 1. The van der Waals surface area contributed by atoms with Crippen molar-refractivity contribution in [2.75, 3.05) is 20.3 Å². The van der Waals surface area contributed by atoms with E-state index in [-0.39, 0.29) is 6.61 Å². The largest absolute Gasteiger partial charge is 0.490 e. The van der Waals surface area contributed by atoms with E-state index in [2.05, 4.69) is 10.1 Å². The summed E-state index contributed by atoms with van der Waals surface area (Å²) in [4.78, 5) is 34.2. The molecule has 23 heavy (non-hydrogen) atoms. The van der Waals surface area contributed by atoms with Crippen molar-refractivity contribution in [3.63, 3.8) is 0 Å². The number of hydrogen-bond donors (Lipinski definition) is 1. The Labute approximate surface area is 137 Å². The third-order valence-electron chi connectivity index (χ3n) is 2.78. The predicted octanol–water partition coefficient (Wildman–Crippen LogP) is 1.96. The van der Waals surface area contributed by atoms with Crippen LogP contribution in [0.2, 0.25) is 0 Å². The van der Waals surface area contributed by atoms with E-state index < -0.39 is 17.1 Å². The maximum Gasteiger partial charge on any atom is 0.343 e. The summed E-state index contributed by atoms with van der Waals surface area (Å²) in [6.45, 7) is 1.99. The Morgan fingerprint density at radius 2 is 2.04 bits per heavy atom. The molecule has 0 atom stereocenters. The van der Waals surface area contributed by atoms with Crippen molar-refractivity contribution in [1.82, 2.24) is 5.32 Å². The molecule has 0 aromatic heterocycles. The molecule has 122 valence electrons. The molecular formula is C15H15NO6S. The number of imide groups is 1. The van der Waals surface area contributed by atoms with Crippen molar-refractivity contribution in [1.29, 1.82) is 0 Å². The second-order valence-electron chi connectivity index (χ2n) is 4.36. The van der Waals surface area contributed by atoms with Gasteiger partial charge in [-0.2, -0.15) is 0 Å². The van der Waals surface area contributed by atoms with Gasteiger partial charge in [0.05, 0.1) is 18.6 Å². The maximum atomic E-state index is 11.5. The van der Waals surface area contributed by atoms with Crippen LogP contribution >= 0.6 is 11.8 Å². The highest BCUT2D eigenvalue weighted by atomic mass is 32.2. The minimum Gasteiger partial charge on any atom is -0.490 e. The number of hydrogen-bond acceptors (Lipinski definition) is 7. The highest BCUT2D eigenvalue weighted by Crippen LogP contribution is 2.31. The zero-order valence-corrected chi connectivity index (χ0v) is 13.4. The number of rotatable bonds is 6. The van der Waals surface area contributed by atoms with E-state index in [1.165, 1.54) is 7.11 Å². The summed E-state index contributed by atoms with van der Waals surface area (Å²) in [6.07, 6.45) is 1.58. The highest BCUT2D eigenvalue weighted by Gasteiger charge is 2.25. The zero-order valence-electron chi connectivity index (χ0n) is 12.6. The van der Waals surface area contributed by atoms with Crippen LogP contribution in [-0.4, -0.2) is 37.4 Å². The molecule has 1 heterocycles. The van der Waals surface area contributed by atoms with Crippen molar-refractivity contribution < 1.29 is 28.6 Å². The smallest absolute Gasteiger partial charge is 0.343 e. The van der Waals surface area contributed by atoms with E-state index >= 15 is 0 Å². The third-order valence-corrected chi connectivity index (χ3v) is 3.59. The number of thioether (sulfide) groups is 1. The van der Waals surface area contributed by atoms with Gasteiger partial charge in [-0.15, -0.1) is 0 Å². The van der Waals surface area contributed by atoms with E-state index in [4.69, 9.17) is 9.47 Å². The second-order valence-corrected chi connectivity index (χ2v) is 5.37. The van der Waals surface area contributed by atoms with Gasteiger partial charge in [0.2, 0.25) is 0 Å². The van der Waals surface area contributed by atoms with Crippen molar-refractivity contribution in [3.05, 3.63) is 28.7 Å². The molecule has 1 saturated heterocycles. The minimum atomic E-state index is -0.504. The Bertz CT molecular complexity index is 670. The molecule has 1 aromatic rings. The van der Waals surface area contributed by atoms with Gasteiger partial charge in [0.15, 0.2) is 18.1 Å². The Hall–Kier alpha value is -2.48. The molecule has 0 bridgehead atoms. The van der Waals surface area contributed by atoms with Crippen molar-refractivity contribution >= 4 is 35.0 Å². The van der Waals surface area contributed by atoms with Crippen LogP contribution in [0.1, 0.15) is 12.5 Å². The number of nitrogens with one attached hydrogen (secondary N) is 1. The van der Waals surface area contributed by atoms with Crippen LogP contribution in [0.25, 0.3) is 6.08 Å². The van der Waals surface area contributed by atoms with Gasteiger partial charge in [-0.3, -0.25) is 14.9 Å². The van der Waals surface area contributed by atoms with Crippen LogP contribution in [0.5, 0.6) is 11.5 Å². The van der Waals surface area contributed by atoms with Gasteiger partial charge in [-0.25, -0.2) is 4.79 Å². The summed E-state index contributed by atoms with van der Waals surface area (Å²) in [5, 5.41) is 1.79. The number of amides is 2. The summed E-state index contributed by atoms with van der Waals surface area (Å²) >= 11 is 0.837.